The number of hydrogen-bond donors (Lipinski definition) is 0. The molecule has 0 N–H and O–H groups in total. The lowest BCUT2D eigenvalue weighted by molar-refractivity contribution is -0.117. The third-order valence-corrected chi connectivity index (χ3v) is 1.39. The molecule has 0 saturated heterocycles. The van der Waals surface area contributed by atoms with E-state index in [1.807, 2.05) is 20.8 Å². The molecule has 0 heterocycles. The molecule has 0 atom stereocenters. The maximum absolute atomic E-state index is 9.84. The zero-order valence-electron chi connectivity index (χ0n) is 6.31. The third-order valence-electron chi connectivity index (χ3n) is 1.39. The summed E-state index contributed by atoms with van der Waals surface area (Å²) in [5.41, 5.74) is -0.138. The average Bonchev–Trinajstić information content (AvgIpc) is 1.84. The molecule has 0 radical (unpaired) electrons. The van der Waals surface area contributed by atoms with E-state index in [9.17, 15) is 4.79 Å². The minimum absolute atomic E-state index is 0.138. The molecular weight excluding hydrogens is 116 g/mol. The van der Waals surface area contributed by atoms with Crippen LogP contribution in [-0.4, -0.2) is 18.5 Å². The lowest BCUT2D eigenvalue weighted by Crippen LogP contribution is -2.23. The fraction of sp³-hybridized carbons (Fsp3) is 0.857. The SMILES string of the molecule is CCC(C)(C)OCC=O. The van der Waals surface area contributed by atoms with Gasteiger partial charge in [-0.3, -0.25) is 0 Å². The van der Waals surface area contributed by atoms with E-state index in [0.717, 1.165) is 12.7 Å². The van der Waals surface area contributed by atoms with Crippen molar-refractivity contribution >= 4 is 6.29 Å². The Balaban J connectivity index is 3.44. The molecule has 0 aromatic heterocycles. The van der Waals surface area contributed by atoms with E-state index in [-0.39, 0.29) is 12.2 Å². The Hall–Kier alpha value is -0.370. The number of carbonyl (C=O) groups excluding carboxylic acids is 1. The standard InChI is InChI=1S/C7H14O2/c1-4-7(2,3)9-6-5-8/h5H,4,6H2,1-3H3. The lowest BCUT2D eigenvalue weighted by Gasteiger charge is -2.21. The van der Waals surface area contributed by atoms with Crippen LogP contribution in [0.25, 0.3) is 0 Å². The second kappa shape index (κ2) is 3.62. The van der Waals surface area contributed by atoms with Crippen molar-refractivity contribution in [3.63, 3.8) is 0 Å². The minimum atomic E-state index is -0.138. The van der Waals surface area contributed by atoms with Crippen molar-refractivity contribution in [1.29, 1.82) is 0 Å². The summed E-state index contributed by atoms with van der Waals surface area (Å²) in [4.78, 5) is 9.84. The van der Waals surface area contributed by atoms with Crippen LogP contribution in [0.1, 0.15) is 27.2 Å². The van der Waals surface area contributed by atoms with E-state index < -0.39 is 0 Å². The van der Waals surface area contributed by atoms with Gasteiger partial charge < -0.3 is 9.53 Å². The summed E-state index contributed by atoms with van der Waals surface area (Å²) < 4.78 is 5.16. The van der Waals surface area contributed by atoms with Gasteiger partial charge in [-0.15, -0.1) is 0 Å². The van der Waals surface area contributed by atoms with Gasteiger partial charge in [0.1, 0.15) is 12.9 Å². The Morgan fingerprint density at radius 1 is 1.56 bits per heavy atom. The summed E-state index contributed by atoms with van der Waals surface area (Å²) in [7, 11) is 0. The molecule has 2 nitrogen and oxygen atoms in total. The smallest absolute Gasteiger partial charge is 0.145 e. The molecule has 0 unspecified atom stereocenters. The van der Waals surface area contributed by atoms with Crippen LogP contribution >= 0.6 is 0 Å². The lowest BCUT2D eigenvalue weighted by atomic mass is 10.1. The molecule has 0 aromatic rings. The molecule has 2 heteroatoms. The first-order valence-corrected chi connectivity index (χ1v) is 3.20. The summed E-state index contributed by atoms with van der Waals surface area (Å²) in [5, 5.41) is 0. The quantitative estimate of drug-likeness (QED) is 0.537. The number of hydrogen-bond acceptors (Lipinski definition) is 2. The Labute approximate surface area is 56.2 Å². The summed E-state index contributed by atoms with van der Waals surface area (Å²) in [6.07, 6.45) is 1.71. The van der Waals surface area contributed by atoms with Crippen LogP contribution in [0.3, 0.4) is 0 Å². The normalized spacial score (nSPS) is 11.4. The van der Waals surface area contributed by atoms with Crippen molar-refractivity contribution in [3.8, 4) is 0 Å². The third kappa shape index (κ3) is 4.15. The number of carbonyl (C=O) groups is 1. The fourth-order valence-corrected chi connectivity index (χ4v) is 0.362. The highest BCUT2D eigenvalue weighted by atomic mass is 16.5. The van der Waals surface area contributed by atoms with Gasteiger partial charge in [0.05, 0.1) is 5.60 Å². The maximum Gasteiger partial charge on any atom is 0.145 e. The van der Waals surface area contributed by atoms with Gasteiger partial charge in [-0.1, -0.05) is 6.92 Å². The van der Waals surface area contributed by atoms with Crippen LogP contribution in [0.15, 0.2) is 0 Å². The van der Waals surface area contributed by atoms with Gasteiger partial charge >= 0.3 is 0 Å². The van der Waals surface area contributed by atoms with Crippen LogP contribution in [0.4, 0.5) is 0 Å². The molecule has 0 saturated carbocycles. The maximum atomic E-state index is 9.84. The molecular formula is C7H14O2. The largest absolute Gasteiger partial charge is 0.368 e. The second-order valence-electron chi connectivity index (χ2n) is 2.59. The Morgan fingerprint density at radius 2 is 2.11 bits per heavy atom. The van der Waals surface area contributed by atoms with Crippen LogP contribution in [0.2, 0.25) is 0 Å². The predicted molar refractivity (Wildman–Crippen MR) is 36.4 cm³/mol. The van der Waals surface area contributed by atoms with Crippen molar-refractivity contribution in [2.75, 3.05) is 6.61 Å². The Kier molecular flexibility index (Phi) is 3.47. The van der Waals surface area contributed by atoms with Crippen LogP contribution in [0.5, 0.6) is 0 Å². The summed E-state index contributed by atoms with van der Waals surface area (Å²) in [5.74, 6) is 0. The molecule has 54 valence electrons. The summed E-state index contributed by atoms with van der Waals surface area (Å²) in [6.45, 7) is 6.18. The van der Waals surface area contributed by atoms with Crippen LogP contribution in [-0.2, 0) is 9.53 Å². The summed E-state index contributed by atoms with van der Waals surface area (Å²) in [6, 6.07) is 0. The van der Waals surface area contributed by atoms with Gasteiger partial charge in [-0.05, 0) is 20.3 Å². The molecule has 0 aliphatic carbocycles. The van der Waals surface area contributed by atoms with Gasteiger partial charge in [0, 0.05) is 0 Å². The van der Waals surface area contributed by atoms with Crippen LogP contribution < -0.4 is 0 Å². The molecule has 0 spiro atoms. The first-order chi connectivity index (χ1) is 4.12. The van der Waals surface area contributed by atoms with Gasteiger partial charge in [-0.25, -0.2) is 0 Å². The molecule has 0 aliphatic rings. The van der Waals surface area contributed by atoms with Gasteiger partial charge in [-0.2, -0.15) is 0 Å². The van der Waals surface area contributed by atoms with E-state index in [0.29, 0.717) is 0 Å². The molecule has 0 fully saturated rings. The summed E-state index contributed by atoms with van der Waals surface area (Å²) >= 11 is 0. The number of aldehydes is 1. The monoisotopic (exact) mass is 130 g/mol. The molecule has 0 bridgehead atoms. The van der Waals surface area contributed by atoms with Crippen LogP contribution in [0, 0.1) is 0 Å². The number of ether oxygens (including phenoxy) is 1. The van der Waals surface area contributed by atoms with E-state index >= 15 is 0 Å². The topological polar surface area (TPSA) is 26.3 Å². The van der Waals surface area contributed by atoms with Crippen molar-refractivity contribution in [1.82, 2.24) is 0 Å². The van der Waals surface area contributed by atoms with Crippen molar-refractivity contribution in [3.05, 3.63) is 0 Å². The fourth-order valence-electron chi connectivity index (χ4n) is 0.362. The zero-order valence-corrected chi connectivity index (χ0v) is 6.31. The molecule has 0 rings (SSSR count). The average molecular weight is 130 g/mol. The molecule has 0 amide bonds. The van der Waals surface area contributed by atoms with E-state index in [2.05, 4.69) is 0 Å². The molecule has 9 heavy (non-hydrogen) atoms. The van der Waals surface area contributed by atoms with Crippen molar-refractivity contribution in [2.24, 2.45) is 0 Å². The Morgan fingerprint density at radius 3 is 2.44 bits per heavy atom. The highest BCUT2D eigenvalue weighted by Gasteiger charge is 2.13. The molecule has 0 aromatic carbocycles. The van der Waals surface area contributed by atoms with Gasteiger partial charge in [0.15, 0.2) is 0 Å². The van der Waals surface area contributed by atoms with E-state index in [1.54, 1.807) is 0 Å². The Bertz CT molecular complexity index is 86.9. The highest BCUT2D eigenvalue weighted by Crippen LogP contribution is 2.11. The van der Waals surface area contributed by atoms with Crippen molar-refractivity contribution < 1.29 is 9.53 Å². The van der Waals surface area contributed by atoms with Crippen molar-refractivity contribution in [2.45, 2.75) is 32.8 Å². The minimum Gasteiger partial charge on any atom is -0.368 e. The van der Waals surface area contributed by atoms with Gasteiger partial charge in [0.25, 0.3) is 0 Å². The number of rotatable bonds is 4. The van der Waals surface area contributed by atoms with E-state index in [4.69, 9.17) is 4.74 Å². The predicted octanol–water partition coefficient (Wildman–Crippen LogP) is 1.39. The zero-order chi connectivity index (χ0) is 7.33. The second-order valence-corrected chi connectivity index (χ2v) is 2.59. The highest BCUT2D eigenvalue weighted by molar-refractivity contribution is 5.50. The first kappa shape index (κ1) is 8.63. The van der Waals surface area contributed by atoms with Gasteiger partial charge in [0.2, 0.25) is 0 Å². The first-order valence-electron chi connectivity index (χ1n) is 3.20. The van der Waals surface area contributed by atoms with E-state index in [1.165, 1.54) is 0 Å². The molecule has 0 aliphatic heterocycles.